The Morgan fingerprint density at radius 2 is 0.953 bits per heavy atom. The smallest absolute Gasteiger partial charge is 0.253 e. The lowest BCUT2D eigenvalue weighted by atomic mass is 10.0. The molecule has 0 aliphatic heterocycles. The van der Waals surface area contributed by atoms with E-state index in [0.29, 0.717) is 24.2 Å². The first-order valence-electron chi connectivity index (χ1n) is 15.1. The van der Waals surface area contributed by atoms with E-state index in [2.05, 4.69) is 22.8 Å². The highest BCUT2D eigenvalue weighted by molar-refractivity contribution is 6.10. The molecule has 2 amide bonds. The molecule has 0 saturated heterocycles. The Labute approximate surface area is 251 Å². The van der Waals surface area contributed by atoms with Crippen molar-refractivity contribution in [1.82, 2.24) is 20.6 Å². The van der Waals surface area contributed by atoms with Crippen molar-refractivity contribution in [2.45, 2.75) is 46.0 Å². The largest absolute Gasteiger partial charge is 0.352 e. The van der Waals surface area contributed by atoms with Crippen LogP contribution in [0.3, 0.4) is 0 Å². The van der Waals surface area contributed by atoms with Crippen molar-refractivity contribution < 1.29 is 9.59 Å². The molecule has 0 bridgehead atoms. The van der Waals surface area contributed by atoms with E-state index in [0.717, 1.165) is 86.8 Å². The number of hydrogen-bond acceptors (Lipinski definition) is 4. The van der Waals surface area contributed by atoms with Gasteiger partial charge in [0.15, 0.2) is 0 Å². The first kappa shape index (κ1) is 28.3. The molecule has 0 radical (unpaired) electrons. The minimum Gasteiger partial charge on any atom is -0.352 e. The van der Waals surface area contributed by atoms with E-state index >= 15 is 0 Å². The number of nitrogens with one attached hydrogen (secondary N) is 2. The van der Waals surface area contributed by atoms with Crippen LogP contribution >= 0.6 is 0 Å². The lowest BCUT2D eigenvalue weighted by Crippen LogP contribution is -2.26. The summed E-state index contributed by atoms with van der Waals surface area (Å²) in [6.45, 7) is 5.18. The Kier molecular flexibility index (Phi) is 8.27. The maximum atomic E-state index is 13.1. The number of carbonyl (C=O) groups excluding carboxylic acids is 2. The van der Waals surface area contributed by atoms with Crippen molar-refractivity contribution in [1.29, 1.82) is 0 Å². The van der Waals surface area contributed by atoms with Crippen molar-refractivity contribution in [3.8, 4) is 0 Å². The maximum absolute atomic E-state index is 13.1. The molecule has 0 spiro atoms. The van der Waals surface area contributed by atoms with Gasteiger partial charge in [0.2, 0.25) is 0 Å². The average molecular weight is 569 g/mol. The number of nitrogens with zero attached hydrogens (tertiary/aromatic N) is 2. The Hall–Kier alpha value is -4.84. The van der Waals surface area contributed by atoms with Crippen LogP contribution in [-0.4, -0.2) is 34.9 Å². The molecule has 0 aliphatic carbocycles. The second kappa shape index (κ2) is 12.6. The van der Waals surface area contributed by atoms with Gasteiger partial charge >= 0.3 is 0 Å². The quantitative estimate of drug-likeness (QED) is 0.130. The molecule has 6 rings (SSSR count). The van der Waals surface area contributed by atoms with Gasteiger partial charge in [-0.2, -0.15) is 0 Å². The Morgan fingerprint density at radius 3 is 1.42 bits per heavy atom. The monoisotopic (exact) mass is 568 g/mol. The van der Waals surface area contributed by atoms with Crippen molar-refractivity contribution in [3.63, 3.8) is 0 Å². The molecule has 4 aromatic carbocycles. The minimum absolute atomic E-state index is 0.0696. The summed E-state index contributed by atoms with van der Waals surface area (Å²) < 4.78 is 0. The number of carbonyl (C=O) groups is 2. The molecule has 0 unspecified atom stereocenters. The third-order valence-electron chi connectivity index (χ3n) is 8.17. The van der Waals surface area contributed by atoms with Crippen LogP contribution in [-0.2, 0) is 0 Å². The van der Waals surface area contributed by atoms with Gasteiger partial charge in [0.05, 0.1) is 33.2 Å². The Morgan fingerprint density at radius 1 is 0.535 bits per heavy atom. The van der Waals surface area contributed by atoms with Crippen molar-refractivity contribution in [2.75, 3.05) is 13.1 Å². The number of para-hydroxylation sites is 2. The summed E-state index contributed by atoms with van der Waals surface area (Å²) in [5.74, 6) is -0.139. The average Bonchev–Trinajstić information content (AvgIpc) is 3.01. The molecule has 6 heteroatoms. The highest BCUT2D eigenvalue weighted by atomic mass is 16.2. The molecule has 0 saturated carbocycles. The number of pyridine rings is 2. The molecule has 216 valence electrons. The zero-order valence-electron chi connectivity index (χ0n) is 24.7. The van der Waals surface area contributed by atoms with E-state index in [4.69, 9.17) is 9.97 Å². The normalized spacial score (nSPS) is 11.4. The van der Waals surface area contributed by atoms with E-state index in [9.17, 15) is 9.59 Å². The molecule has 0 atom stereocenters. The van der Waals surface area contributed by atoms with Crippen LogP contribution in [0.2, 0.25) is 0 Å². The van der Waals surface area contributed by atoms with E-state index < -0.39 is 0 Å². The maximum Gasteiger partial charge on any atom is 0.253 e. The first-order chi connectivity index (χ1) is 21.0. The van der Waals surface area contributed by atoms with Gasteiger partial charge in [-0.05, 0) is 62.1 Å². The van der Waals surface area contributed by atoms with Gasteiger partial charge in [-0.1, -0.05) is 79.9 Å². The summed E-state index contributed by atoms with van der Waals surface area (Å²) in [6.07, 6.45) is 4.91. The third-order valence-corrected chi connectivity index (χ3v) is 8.17. The fourth-order valence-corrected chi connectivity index (χ4v) is 5.82. The molecule has 0 aliphatic rings. The zero-order valence-corrected chi connectivity index (χ0v) is 24.7. The van der Waals surface area contributed by atoms with Gasteiger partial charge in [0, 0.05) is 34.6 Å². The lowest BCUT2D eigenvalue weighted by Gasteiger charge is -2.12. The van der Waals surface area contributed by atoms with Crippen LogP contribution in [0.25, 0.3) is 43.6 Å². The zero-order chi connectivity index (χ0) is 29.8. The Bertz CT molecular complexity index is 1840. The Balaban J connectivity index is 0.960. The SMILES string of the molecule is Cc1ccc2cc3ccccc3nc2c1C(=O)NCCCCCCCNC(=O)c1c(C)ccc2cc3ccccc3nc12. The summed E-state index contributed by atoms with van der Waals surface area (Å²) in [7, 11) is 0. The highest BCUT2D eigenvalue weighted by Crippen LogP contribution is 2.26. The summed E-state index contributed by atoms with van der Waals surface area (Å²) in [5.41, 5.74) is 6.46. The van der Waals surface area contributed by atoms with E-state index in [1.54, 1.807) is 0 Å². The fraction of sp³-hybridized carbons (Fsp3) is 0.243. The predicted octanol–water partition coefficient (Wildman–Crippen LogP) is 7.82. The first-order valence-corrected chi connectivity index (χ1v) is 15.1. The van der Waals surface area contributed by atoms with Crippen LogP contribution in [0.1, 0.15) is 63.9 Å². The number of rotatable bonds is 10. The minimum atomic E-state index is -0.0696. The van der Waals surface area contributed by atoms with Crippen molar-refractivity contribution in [3.05, 3.63) is 107 Å². The van der Waals surface area contributed by atoms with E-state index in [1.165, 1.54) is 0 Å². The number of benzene rings is 4. The molecular weight excluding hydrogens is 532 g/mol. The summed E-state index contributed by atoms with van der Waals surface area (Å²) in [5, 5.41) is 10.3. The third kappa shape index (κ3) is 6.05. The fourth-order valence-electron chi connectivity index (χ4n) is 5.82. The van der Waals surface area contributed by atoms with Crippen LogP contribution in [0.4, 0.5) is 0 Å². The number of aryl methyl sites for hydroxylation is 2. The molecule has 0 fully saturated rings. The van der Waals surface area contributed by atoms with Gasteiger partial charge < -0.3 is 10.6 Å². The van der Waals surface area contributed by atoms with Gasteiger partial charge in [-0.25, -0.2) is 9.97 Å². The second-order valence-electron chi connectivity index (χ2n) is 11.3. The molecule has 43 heavy (non-hydrogen) atoms. The number of amides is 2. The standard InChI is InChI=1S/C37H36N4O2/c1-24-16-18-28-22-26-12-6-8-14-30(26)40-34(28)32(24)36(42)38-20-10-4-3-5-11-21-39-37(43)33-25(2)17-19-29-23-27-13-7-9-15-31(27)41-35(29)33/h6-9,12-19,22-23H,3-5,10-11,20-21H2,1-2H3,(H,38,42)(H,39,43). The van der Waals surface area contributed by atoms with Crippen LogP contribution < -0.4 is 10.6 Å². The molecule has 2 heterocycles. The van der Waals surface area contributed by atoms with Crippen molar-refractivity contribution >= 4 is 55.4 Å². The van der Waals surface area contributed by atoms with Gasteiger partial charge in [0.1, 0.15) is 0 Å². The highest BCUT2D eigenvalue weighted by Gasteiger charge is 2.16. The number of hydrogen-bond donors (Lipinski definition) is 2. The van der Waals surface area contributed by atoms with Crippen LogP contribution in [0, 0.1) is 13.8 Å². The molecule has 6 aromatic rings. The van der Waals surface area contributed by atoms with Crippen LogP contribution in [0.5, 0.6) is 0 Å². The van der Waals surface area contributed by atoms with Gasteiger partial charge in [-0.3, -0.25) is 9.59 Å². The summed E-state index contributed by atoms with van der Waals surface area (Å²) in [6, 6.07) is 28.2. The molecular formula is C37H36N4O2. The lowest BCUT2D eigenvalue weighted by molar-refractivity contribution is 0.0946. The van der Waals surface area contributed by atoms with Gasteiger partial charge in [-0.15, -0.1) is 0 Å². The van der Waals surface area contributed by atoms with E-state index in [-0.39, 0.29) is 11.8 Å². The number of unbranched alkanes of at least 4 members (excludes halogenated alkanes) is 4. The summed E-state index contributed by atoms with van der Waals surface area (Å²) in [4.78, 5) is 35.9. The molecule has 6 nitrogen and oxygen atoms in total. The molecule has 2 N–H and O–H groups in total. The van der Waals surface area contributed by atoms with Crippen molar-refractivity contribution in [2.24, 2.45) is 0 Å². The predicted molar refractivity (Wildman–Crippen MR) is 176 cm³/mol. The number of aromatic nitrogens is 2. The number of fused-ring (bicyclic) bond motifs is 4. The summed E-state index contributed by atoms with van der Waals surface area (Å²) >= 11 is 0. The second-order valence-corrected chi connectivity index (χ2v) is 11.3. The topological polar surface area (TPSA) is 84.0 Å². The van der Waals surface area contributed by atoms with E-state index in [1.807, 2.05) is 86.6 Å². The molecule has 2 aromatic heterocycles. The van der Waals surface area contributed by atoms with Gasteiger partial charge in [0.25, 0.3) is 11.8 Å². The van der Waals surface area contributed by atoms with Crippen LogP contribution in [0.15, 0.2) is 84.9 Å².